The van der Waals surface area contributed by atoms with Crippen LogP contribution in [0.3, 0.4) is 0 Å². The molecule has 0 fully saturated rings. The Kier molecular flexibility index (Phi) is 7.12. The summed E-state index contributed by atoms with van der Waals surface area (Å²) in [4.78, 5) is 25.4. The minimum atomic E-state index is -1.03. The maximum absolute atomic E-state index is 12.4. The summed E-state index contributed by atoms with van der Waals surface area (Å²) < 4.78 is 4.78. The van der Waals surface area contributed by atoms with E-state index < -0.39 is 11.5 Å². The number of rotatable bonds is 7. The second-order valence-electron chi connectivity index (χ2n) is 6.07. The van der Waals surface area contributed by atoms with Gasteiger partial charge in [-0.25, -0.2) is 4.79 Å². The van der Waals surface area contributed by atoms with Crippen LogP contribution in [0.25, 0.3) is 0 Å². The van der Waals surface area contributed by atoms with E-state index in [9.17, 15) is 9.59 Å². The predicted octanol–water partition coefficient (Wildman–Crippen LogP) is 4.70. The molecule has 0 aliphatic carbocycles. The number of carbonyl (C=O) groups excluding carboxylic acids is 2. The maximum Gasteiger partial charge on any atom is 0.331 e. The third-order valence-corrected chi connectivity index (χ3v) is 5.50. The van der Waals surface area contributed by atoms with Crippen molar-refractivity contribution < 1.29 is 14.3 Å². The van der Waals surface area contributed by atoms with Gasteiger partial charge in [-0.3, -0.25) is 4.79 Å². The quantitative estimate of drug-likeness (QED) is 0.548. The Bertz CT molecular complexity index is 762. The van der Waals surface area contributed by atoms with Crippen molar-refractivity contribution in [3.05, 3.63) is 64.7 Å². The van der Waals surface area contributed by atoms with Crippen LogP contribution < -0.4 is 5.32 Å². The van der Waals surface area contributed by atoms with Gasteiger partial charge in [0.15, 0.2) is 0 Å². The molecule has 138 valence electrons. The number of ether oxygens (including phenoxy) is 1. The van der Waals surface area contributed by atoms with Gasteiger partial charge in [0.1, 0.15) is 5.54 Å². The summed E-state index contributed by atoms with van der Waals surface area (Å²) in [5.41, 5.74) is 0.580. The number of amides is 1. The molecular weight excluding hydrogens is 370 g/mol. The number of hydrogen-bond donors (Lipinski definition) is 1. The fourth-order valence-corrected chi connectivity index (χ4v) is 3.26. The highest BCUT2D eigenvalue weighted by molar-refractivity contribution is 7.98. The van der Waals surface area contributed by atoms with Gasteiger partial charge in [0.05, 0.1) is 7.11 Å². The lowest BCUT2D eigenvalue weighted by Gasteiger charge is -2.26. The molecule has 0 spiro atoms. The van der Waals surface area contributed by atoms with Gasteiger partial charge in [0.2, 0.25) is 0 Å². The molecule has 2 aromatic carbocycles. The molecule has 0 saturated heterocycles. The first-order valence-corrected chi connectivity index (χ1v) is 9.62. The third-order valence-electron chi connectivity index (χ3n) is 4.17. The molecule has 2 aromatic rings. The van der Waals surface area contributed by atoms with Crippen LogP contribution in [0.4, 0.5) is 0 Å². The van der Waals surface area contributed by atoms with Crippen molar-refractivity contribution in [2.24, 2.45) is 0 Å². The molecule has 1 unspecified atom stereocenters. The molecule has 0 bridgehead atoms. The normalized spacial score (nSPS) is 12.9. The Morgan fingerprint density at radius 1 is 1.12 bits per heavy atom. The Morgan fingerprint density at radius 3 is 2.27 bits per heavy atom. The van der Waals surface area contributed by atoms with Gasteiger partial charge in [0.25, 0.3) is 5.91 Å². The zero-order chi connectivity index (χ0) is 19.2. The van der Waals surface area contributed by atoms with Crippen LogP contribution in [-0.2, 0) is 15.3 Å². The van der Waals surface area contributed by atoms with Gasteiger partial charge in [-0.2, -0.15) is 0 Å². The Morgan fingerprint density at radius 2 is 1.73 bits per heavy atom. The molecule has 0 heterocycles. The first-order valence-electron chi connectivity index (χ1n) is 8.26. The predicted molar refractivity (Wildman–Crippen MR) is 106 cm³/mol. The van der Waals surface area contributed by atoms with E-state index in [0.29, 0.717) is 12.0 Å². The zero-order valence-corrected chi connectivity index (χ0v) is 16.6. The summed E-state index contributed by atoms with van der Waals surface area (Å²) in [7, 11) is 1.32. The monoisotopic (exact) mass is 391 g/mol. The summed E-state index contributed by atoms with van der Waals surface area (Å²) in [6, 6.07) is 15.0. The lowest BCUT2D eigenvalue weighted by Crippen LogP contribution is -2.52. The molecule has 2 rings (SSSR count). The molecule has 1 atom stereocenters. The molecule has 1 amide bonds. The van der Waals surface area contributed by atoms with Gasteiger partial charge >= 0.3 is 5.97 Å². The lowest BCUT2D eigenvalue weighted by molar-refractivity contribution is -0.147. The highest BCUT2D eigenvalue weighted by Crippen LogP contribution is 2.24. The first kappa shape index (κ1) is 20.3. The number of carbonyl (C=O) groups is 2. The van der Waals surface area contributed by atoms with Gasteiger partial charge in [-0.1, -0.05) is 30.7 Å². The van der Waals surface area contributed by atoms with Crippen molar-refractivity contribution in [2.45, 2.75) is 36.5 Å². The van der Waals surface area contributed by atoms with Gasteiger partial charge in [-0.05, 0) is 55.3 Å². The summed E-state index contributed by atoms with van der Waals surface area (Å²) in [6.45, 7) is 3.49. The van der Waals surface area contributed by atoms with E-state index in [2.05, 4.69) is 5.32 Å². The standard InChI is InChI=1S/C20H22ClNO3S/c1-4-20(2,19(24)25-3)22-18(23)15-7-5-14(6-8-15)13-26-17-11-9-16(21)10-12-17/h5-12H,4,13H2,1-3H3,(H,22,23). The van der Waals surface area contributed by atoms with E-state index in [0.717, 1.165) is 21.2 Å². The van der Waals surface area contributed by atoms with E-state index in [1.807, 2.05) is 43.3 Å². The van der Waals surface area contributed by atoms with Crippen LogP contribution in [0.5, 0.6) is 0 Å². The highest BCUT2D eigenvalue weighted by atomic mass is 35.5. The number of benzene rings is 2. The van der Waals surface area contributed by atoms with Crippen LogP contribution >= 0.6 is 23.4 Å². The van der Waals surface area contributed by atoms with E-state index in [1.54, 1.807) is 30.8 Å². The number of methoxy groups -OCH3 is 1. The SMILES string of the molecule is CCC(C)(NC(=O)c1ccc(CSc2ccc(Cl)cc2)cc1)C(=O)OC. The number of thioether (sulfide) groups is 1. The smallest absolute Gasteiger partial charge is 0.331 e. The molecule has 1 N–H and O–H groups in total. The summed E-state index contributed by atoms with van der Waals surface area (Å²) in [5, 5.41) is 3.48. The average molecular weight is 392 g/mol. The number of halogens is 1. The molecular formula is C20H22ClNO3S. The summed E-state index contributed by atoms with van der Waals surface area (Å²) in [5.74, 6) is 0.0410. The number of nitrogens with one attached hydrogen (secondary N) is 1. The van der Waals surface area contributed by atoms with E-state index >= 15 is 0 Å². The van der Waals surface area contributed by atoms with Gasteiger partial charge in [0, 0.05) is 21.2 Å². The van der Waals surface area contributed by atoms with Crippen molar-refractivity contribution >= 4 is 35.2 Å². The average Bonchev–Trinajstić information content (AvgIpc) is 2.67. The Hall–Kier alpha value is -1.98. The minimum Gasteiger partial charge on any atom is -0.467 e. The summed E-state index contributed by atoms with van der Waals surface area (Å²) >= 11 is 7.58. The van der Waals surface area contributed by atoms with Crippen LogP contribution in [0.2, 0.25) is 5.02 Å². The van der Waals surface area contributed by atoms with Crippen LogP contribution in [-0.4, -0.2) is 24.5 Å². The zero-order valence-electron chi connectivity index (χ0n) is 15.0. The van der Waals surface area contributed by atoms with Crippen LogP contribution in [0.15, 0.2) is 53.4 Å². The third kappa shape index (κ3) is 5.26. The number of esters is 1. The van der Waals surface area contributed by atoms with Crippen molar-refractivity contribution in [3.63, 3.8) is 0 Å². The number of hydrogen-bond acceptors (Lipinski definition) is 4. The topological polar surface area (TPSA) is 55.4 Å². The first-order chi connectivity index (χ1) is 12.4. The van der Waals surface area contributed by atoms with Crippen molar-refractivity contribution in [1.29, 1.82) is 0 Å². The van der Waals surface area contributed by atoms with E-state index in [1.165, 1.54) is 7.11 Å². The fraction of sp³-hybridized carbons (Fsp3) is 0.300. The Balaban J connectivity index is 1.98. The fourth-order valence-electron chi connectivity index (χ4n) is 2.28. The lowest BCUT2D eigenvalue weighted by atomic mass is 9.98. The molecule has 0 radical (unpaired) electrons. The molecule has 4 nitrogen and oxygen atoms in total. The molecule has 0 saturated carbocycles. The van der Waals surface area contributed by atoms with Crippen LogP contribution in [0, 0.1) is 0 Å². The Labute approximate surface area is 163 Å². The van der Waals surface area contributed by atoms with E-state index in [4.69, 9.17) is 16.3 Å². The minimum absolute atomic E-state index is 0.295. The molecule has 0 aliphatic heterocycles. The maximum atomic E-state index is 12.4. The van der Waals surface area contributed by atoms with Gasteiger partial charge in [-0.15, -0.1) is 11.8 Å². The largest absolute Gasteiger partial charge is 0.467 e. The van der Waals surface area contributed by atoms with Crippen molar-refractivity contribution in [3.8, 4) is 0 Å². The second-order valence-corrected chi connectivity index (χ2v) is 7.56. The van der Waals surface area contributed by atoms with Crippen molar-refractivity contribution in [1.82, 2.24) is 5.32 Å². The molecule has 26 heavy (non-hydrogen) atoms. The van der Waals surface area contributed by atoms with Gasteiger partial charge < -0.3 is 10.1 Å². The van der Waals surface area contributed by atoms with E-state index in [-0.39, 0.29) is 5.91 Å². The summed E-state index contributed by atoms with van der Waals surface area (Å²) in [6.07, 6.45) is 0.446. The molecule has 0 aliphatic rings. The van der Waals surface area contributed by atoms with Crippen molar-refractivity contribution in [2.75, 3.05) is 7.11 Å². The van der Waals surface area contributed by atoms with Crippen LogP contribution in [0.1, 0.15) is 36.2 Å². The molecule has 6 heteroatoms. The highest BCUT2D eigenvalue weighted by Gasteiger charge is 2.34. The second kappa shape index (κ2) is 9.10. The molecule has 0 aromatic heterocycles.